The number of halogens is 4. The molecule has 0 unspecified atom stereocenters. The topological polar surface area (TPSA) is 29.5 Å². The van der Waals surface area contributed by atoms with Crippen LogP contribution < -0.4 is 0 Å². The molecule has 1 aromatic rings. The standard InChI is InChI=1S/C14H15BrF3NO2/c1-21-10-4-6-19(7-5-10)13(20)9-2-3-11(12(15)8-9)14(16,17)18/h2-3,8,10H,4-7H2,1H3. The van der Waals surface area contributed by atoms with Gasteiger partial charge in [0, 0.05) is 30.2 Å². The maximum atomic E-state index is 12.7. The number of carbonyl (C=O) groups excluding carboxylic acids is 1. The SMILES string of the molecule is COC1CCN(C(=O)c2ccc(C(F)(F)F)c(Br)c2)CC1. The van der Waals surface area contributed by atoms with Crippen molar-refractivity contribution in [1.82, 2.24) is 4.90 Å². The number of ether oxygens (including phenoxy) is 1. The third-order valence-corrected chi connectivity index (χ3v) is 4.24. The van der Waals surface area contributed by atoms with Gasteiger partial charge in [0.2, 0.25) is 0 Å². The van der Waals surface area contributed by atoms with Crippen LogP contribution in [0.5, 0.6) is 0 Å². The Morgan fingerprint density at radius 1 is 1.33 bits per heavy atom. The van der Waals surface area contributed by atoms with Gasteiger partial charge in [-0.1, -0.05) is 15.9 Å². The van der Waals surface area contributed by atoms with Gasteiger partial charge in [0.25, 0.3) is 5.91 Å². The van der Waals surface area contributed by atoms with Gasteiger partial charge in [-0.05, 0) is 31.0 Å². The lowest BCUT2D eigenvalue weighted by molar-refractivity contribution is -0.138. The molecule has 1 aromatic carbocycles. The van der Waals surface area contributed by atoms with E-state index in [1.165, 1.54) is 12.1 Å². The Morgan fingerprint density at radius 3 is 2.43 bits per heavy atom. The highest BCUT2D eigenvalue weighted by Gasteiger charge is 2.33. The van der Waals surface area contributed by atoms with E-state index in [-0.39, 0.29) is 22.0 Å². The van der Waals surface area contributed by atoms with Gasteiger partial charge >= 0.3 is 6.18 Å². The van der Waals surface area contributed by atoms with Crippen LogP contribution in [-0.2, 0) is 10.9 Å². The normalized spacial score (nSPS) is 17.1. The van der Waals surface area contributed by atoms with Crippen molar-refractivity contribution in [3.8, 4) is 0 Å². The van der Waals surface area contributed by atoms with Gasteiger partial charge in [0.1, 0.15) is 0 Å². The van der Waals surface area contributed by atoms with Gasteiger partial charge in [-0.2, -0.15) is 13.2 Å². The smallest absolute Gasteiger partial charge is 0.381 e. The van der Waals surface area contributed by atoms with Crippen LogP contribution >= 0.6 is 15.9 Å². The third-order valence-electron chi connectivity index (χ3n) is 3.58. The molecule has 0 aliphatic carbocycles. The monoisotopic (exact) mass is 365 g/mol. The van der Waals surface area contributed by atoms with E-state index < -0.39 is 11.7 Å². The Kier molecular flexibility index (Phi) is 4.93. The minimum Gasteiger partial charge on any atom is -0.381 e. The summed E-state index contributed by atoms with van der Waals surface area (Å²) in [5.41, 5.74) is -0.525. The minimum atomic E-state index is -4.43. The first-order valence-electron chi connectivity index (χ1n) is 6.51. The van der Waals surface area contributed by atoms with Crippen LogP contribution in [-0.4, -0.2) is 37.1 Å². The maximum Gasteiger partial charge on any atom is 0.417 e. The number of rotatable bonds is 2. The molecule has 1 saturated heterocycles. The molecule has 1 heterocycles. The van der Waals surface area contributed by atoms with Crippen LogP contribution in [0.1, 0.15) is 28.8 Å². The van der Waals surface area contributed by atoms with E-state index in [2.05, 4.69) is 15.9 Å². The van der Waals surface area contributed by atoms with Crippen LogP contribution in [0.2, 0.25) is 0 Å². The number of nitrogens with zero attached hydrogens (tertiary/aromatic N) is 1. The van der Waals surface area contributed by atoms with Crippen molar-refractivity contribution >= 4 is 21.8 Å². The lowest BCUT2D eigenvalue weighted by Crippen LogP contribution is -2.40. The zero-order valence-electron chi connectivity index (χ0n) is 11.4. The van der Waals surface area contributed by atoms with E-state index in [0.717, 1.165) is 18.9 Å². The second-order valence-corrected chi connectivity index (χ2v) is 5.77. The lowest BCUT2D eigenvalue weighted by atomic mass is 10.1. The number of carbonyl (C=O) groups is 1. The summed E-state index contributed by atoms with van der Waals surface area (Å²) in [5.74, 6) is -0.251. The molecule has 1 fully saturated rings. The molecule has 0 spiro atoms. The molecule has 0 bridgehead atoms. The largest absolute Gasteiger partial charge is 0.417 e. The minimum absolute atomic E-state index is 0.118. The number of methoxy groups -OCH3 is 1. The van der Waals surface area contributed by atoms with Crippen molar-refractivity contribution < 1.29 is 22.7 Å². The van der Waals surface area contributed by atoms with Gasteiger partial charge in [0.15, 0.2) is 0 Å². The number of alkyl halides is 3. The van der Waals surface area contributed by atoms with E-state index in [0.29, 0.717) is 13.1 Å². The summed E-state index contributed by atoms with van der Waals surface area (Å²) < 4.78 is 43.1. The van der Waals surface area contributed by atoms with Gasteiger partial charge in [0.05, 0.1) is 11.7 Å². The van der Waals surface area contributed by atoms with Crippen molar-refractivity contribution in [3.05, 3.63) is 33.8 Å². The third kappa shape index (κ3) is 3.77. The summed E-state index contributed by atoms with van der Waals surface area (Å²) in [6.45, 7) is 1.10. The Bertz CT molecular complexity index is 525. The Labute approximate surface area is 129 Å². The van der Waals surface area contributed by atoms with Crippen molar-refractivity contribution in [3.63, 3.8) is 0 Å². The number of amides is 1. The summed E-state index contributed by atoms with van der Waals surface area (Å²) >= 11 is 2.89. The summed E-state index contributed by atoms with van der Waals surface area (Å²) in [4.78, 5) is 13.9. The van der Waals surface area contributed by atoms with Crippen LogP contribution in [0.15, 0.2) is 22.7 Å². The summed E-state index contributed by atoms with van der Waals surface area (Å²) in [6.07, 6.45) is -2.81. The van der Waals surface area contributed by atoms with Gasteiger partial charge in [-0.25, -0.2) is 0 Å². The molecule has 0 radical (unpaired) electrons. The van der Waals surface area contributed by atoms with Crippen LogP contribution in [0, 0.1) is 0 Å². The maximum absolute atomic E-state index is 12.7. The molecule has 1 aliphatic rings. The molecule has 0 atom stereocenters. The molecule has 0 N–H and O–H groups in total. The number of hydrogen-bond donors (Lipinski definition) is 0. The van der Waals surface area contributed by atoms with E-state index in [1.807, 2.05) is 0 Å². The Hall–Kier alpha value is -1.08. The van der Waals surface area contributed by atoms with Crippen LogP contribution in [0.3, 0.4) is 0 Å². The summed E-state index contributed by atoms with van der Waals surface area (Å²) in [6, 6.07) is 3.38. The fourth-order valence-electron chi connectivity index (χ4n) is 2.36. The molecular weight excluding hydrogens is 351 g/mol. The van der Waals surface area contributed by atoms with E-state index >= 15 is 0 Å². The highest BCUT2D eigenvalue weighted by molar-refractivity contribution is 9.10. The second-order valence-electron chi connectivity index (χ2n) is 4.92. The summed E-state index contributed by atoms with van der Waals surface area (Å²) in [5, 5.41) is 0. The first-order chi connectivity index (χ1) is 9.82. The molecule has 7 heteroatoms. The predicted molar refractivity (Wildman–Crippen MR) is 75.1 cm³/mol. The highest BCUT2D eigenvalue weighted by Crippen LogP contribution is 2.35. The molecular formula is C14H15BrF3NO2. The molecule has 116 valence electrons. The number of likely N-dealkylation sites (tertiary alicyclic amines) is 1. The quantitative estimate of drug-likeness (QED) is 0.799. The van der Waals surface area contributed by atoms with E-state index in [9.17, 15) is 18.0 Å². The zero-order chi connectivity index (χ0) is 15.6. The molecule has 2 rings (SSSR count). The van der Waals surface area contributed by atoms with Gasteiger partial charge < -0.3 is 9.64 Å². The number of benzene rings is 1. The van der Waals surface area contributed by atoms with Gasteiger partial charge in [-0.15, -0.1) is 0 Å². The first-order valence-corrected chi connectivity index (χ1v) is 7.31. The fourth-order valence-corrected chi connectivity index (χ4v) is 2.96. The summed E-state index contributed by atoms with van der Waals surface area (Å²) in [7, 11) is 1.63. The van der Waals surface area contributed by atoms with Crippen molar-refractivity contribution in [2.75, 3.05) is 20.2 Å². The number of hydrogen-bond acceptors (Lipinski definition) is 2. The highest BCUT2D eigenvalue weighted by atomic mass is 79.9. The first kappa shape index (κ1) is 16.3. The van der Waals surface area contributed by atoms with Crippen LogP contribution in [0.4, 0.5) is 13.2 Å². The van der Waals surface area contributed by atoms with E-state index in [1.54, 1.807) is 12.0 Å². The van der Waals surface area contributed by atoms with Crippen molar-refractivity contribution in [2.24, 2.45) is 0 Å². The molecule has 21 heavy (non-hydrogen) atoms. The van der Waals surface area contributed by atoms with Crippen molar-refractivity contribution in [1.29, 1.82) is 0 Å². The average Bonchev–Trinajstić information content (AvgIpc) is 2.45. The number of piperidine rings is 1. The molecule has 0 saturated carbocycles. The Balaban J connectivity index is 2.12. The van der Waals surface area contributed by atoms with Crippen LogP contribution in [0.25, 0.3) is 0 Å². The molecule has 1 amide bonds. The van der Waals surface area contributed by atoms with E-state index in [4.69, 9.17) is 4.74 Å². The zero-order valence-corrected chi connectivity index (χ0v) is 13.0. The molecule has 0 aromatic heterocycles. The fraction of sp³-hybridized carbons (Fsp3) is 0.500. The molecule has 3 nitrogen and oxygen atoms in total. The molecule has 1 aliphatic heterocycles. The lowest BCUT2D eigenvalue weighted by Gasteiger charge is -2.31. The van der Waals surface area contributed by atoms with Crippen molar-refractivity contribution in [2.45, 2.75) is 25.1 Å². The average molecular weight is 366 g/mol. The predicted octanol–water partition coefficient (Wildman–Crippen LogP) is 3.72. The van der Waals surface area contributed by atoms with Gasteiger partial charge in [-0.3, -0.25) is 4.79 Å². The Morgan fingerprint density at radius 2 is 1.95 bits per heavy atom. The second kappa shape index (κ2) is 6.36.